The van der Waals surface area contributed by atoms with Gasteiger partial charge >= 0.3 is 5.97 Å². The fourth-order valence-electron chi connectivity index (χ4n) is 2.81. The number of carboxylic acids is 1. The van der Waals surface area contributed by atoms with Gasteiger partial charge < -0.3 is 14.7 Å². The van der Waals surface area contributed by atoms with Gasteiger partial charge in [-0.25, -0.2) is 0 Å². The van der Waals surface area contributed by atoms with E-state index in [1.54, 1.807) is 0 Å². The number of aliphatic carboxylic acids is 1. The van der Waals surface area contributed by atoms with Crippen LogP contribution in [0.15, 0.2) is 0 Å². The number of carbonyl (C=O) groups is 1. The average molecular weight is 227 g/mol. The van der Waals surface area contributed by atoms with Crippen LogP contribution in [0.5, 0.6) is 0 Å². The SMILES string of the molecule is CC1CCN(CC2(C(=O)O)CCCOC2)C1. The maximum atomic E-state index is 11.4. The third-order valence-electron chi connectivity index (χ3n) is 3.81. The van der Waals surface area contributed by atoms with Crippen LogP contribution in [0, 0.1) is 11.3 Å². The molecule has 0 amide bonds. The van der Waals surface area contributed by atoms with Gasteiger partial charge in [-0.1, -0.05) is 6.92 Å². The van der Waals surface area contributed by atoms with Crippen LogP contribution >= 0.6 is 0 Å². The predicted molar refractivity (Wildman–Crippen MR) is 60.3 cm³/mol. The summed E-state index contributed by atoms with van der Waals surface area (Å²) in [7, 11) is 0. The number of hydrogen-bond acceptors (Lipinski definition) is 3. The Morgan fingerprint density at radius 2 is 2.44 bits per heavy atom. The van der Waals surface area contributed by atoms with E-state index in [2.05, 4.69) is 11.8 Å². The molecule has 2 unspecified atom stereocenters. The van der Waals surface area contributed by atoms with Crippen molar-refractivity contribution in [2.75, 3.05) is 32.8 Å². The minimum absolute atomic E-state index is 0.382. The first-order chi connectivity index (χ1) is 7.62. The molecule has 2 aliphatic rings. The van der Waals surface area contributed by atoms with Crippen molar-refractivity contribution in [1.82, 2.24) is 4.90 Å². The Kier molecular flexibility index (Phi) is 3.50. The summed E-state index contributed by atoms with van der Waals surface area (Å²) < 4.78 is 5.38. The number of carboxylic acid groups (broad SMARTS) is 1. The molecule has 2 fully saturated rings. The quantitative estimate of drug-likeness (QED) is 0.787. The molecule has 1 N–H and O–H groups in total. The van der Waals surface area contributed by atoms with Gasteiger partial charge in [-0.2, -0.15) is 0 Å². The van der Waals surface area contributed by atoms with E-state index >= 15 is 0 Å². The zero-order chi connectivity index (χ0) is 11.6. The van der Waals surface area contributed by atoms with Crippen LogP contribution in [0.3, 0.4) is 0 Å². The predicted octanol–water partition coefficient (Wildman–Crippen LogP) is 1.21. The molecule has 0 aliphatic carbocycles. The number of nitrogens with zero attached hydrogens (tertiary/aromatic N) is 1. The maximum Gasteiger partial charge on any atom is 0.313 e. The summed E-state index contributed by atoms with van der Waals surface area (Å²) in [5.41, 5.74) is -0.650. The molecule has 2 heterocycles. The number of likely N-dealkylation sites (tertiary alicyclic amines) is 1. The standard InChI is InChI=1S/C12H21NO3/c1-10-3-5-13(7-10)8-12(11(14)15)4-2-6-16-9-12/h10H,2-9H2,1H3,(H,14,15). The molecule has 2 atom stereocenters. The normalized spacial score (nSPS) is 36.4. The molecule has 0 aromatic heterocycles. The minimum atomic E-state index is -0.688. The van der Waals surface area contributed by atoms with Crippen molar-refractivity contribution >= 4 is 5.97 Å². The van der Waals surface area contributed by atoms with Gasteiger partial charge in [0.15, 0.2) is 0 Å². The Hall–Kier alpha value is -0.610. The molecular formula is C12H21NO3. The average Bonchev–Trinajstić information content (AvgIpc) is 2.65. The Morgan fingerprint density at radius 1 is 1.62 bits per heavy atom. The van der Waals surface area contributed by atoms with Crippen molar-refractivity contribution in [3.63, 3.8) is 0 Å². The molecule has 2 aliphatic heterocycles. The van der Waals surface area contributed by atoms with Crippen LogP contribution in [0.4, 0.5) is 0 Å². The first kappa shape index (κ1) is 11.9. The summed E-state index contributed by atoms with van der Waals surface area (Å²) in [4.78, 5) is 13.7. The second-order valence-electron chi connectivity index (χ2n) is 5.37. The number of hydrogen-bond donors (Lipinski definition) is 1. The van der Waals surface area contributed by atoms with Crippen LogP contribution in [0.25, 0.3) is 0 Å². The molecule has 0 radical (unpaired) electrons. The van der Waals surface area contributed by atoms with Gasteiger partial charge in [-0.05, 0) is 31.7 Å². The Balaban J connectivity index is 1.99. The second-order valence-corrected chi connectivity index (χ2v) is 5.37. The van der Waals surface area contributed by atoms with Gasteiger partial charge in [0.05, 0.1) is 6.61 Å². The number of ether oxygens (including phenoxy) is 1. The van der Waals surface area contributed by atoms with Crippen molar-refractivity contribution < 1.29 is 14.6 Å². The molecule has 2 saturated heterocycles. The fraction of sp³-hybridized carbons (Fsp3) is 0.917. The molecule has 0 aromatic rings. The highest BCUT2D eigenvalue weighted by Gasteiger charge is 2.42. The first-order valence-electron chi connectivity index (χ1n) is 6.16. The van der Waals surface area contributed by atoms with Gasteiger partial charge in [0.25, 0.3) is 0 Å². The van der Waals surface area contributed by atoms with E-state index in [0.29, 0.717) is 25.7 Å². The molecular weight excluding hydrogens is 206 g/mol. The summed E-state index contributed by atoms with van der Waals surface area (Å²) in [6.07, 6.45) is 2.82. The minimum Gasteiger partial charge on any atom is -0.481 e. The van der Waals surface area contributed by atoms with E-state index in [-0.39, 0.29) is 0 Å². The summed E-state index contributed by atoms with van der Waals surface area (Å²) in [5.74, 6) is 0.0158. The molecule has 92 valence electrons. The van der Waals surface area contributed by atoms with Crippen LogP contribution in [-0.4, -0.2) is 48.8 Å². The molecule has 4 nitrogen and oxygen atoms in total. The Bertz CT molecular complexity index is 261. The molecule has 0 aromatic carbocycles. The Morgan fingerprint density at radius 3 is 2.94 bits per heavy atom. The summed E-state index contributed by atoms with van der Waals surface area (Å²) in [6.45, 7) is 6.06. The third kappa shape index (κ3) is 2.38. The van der Waals surface area contributed by atoms with Crippen LogP contribution < -0.4 is 0 Å². The van der Waals surface area contributed by atoms with Crippen LogP contribution in [0.1, 0.15) is 26.2 Å². The topological polar surface area (TPSA) is 49.8 Å². The van der Waals surface area contributed by atoms with Crippen LogP contribution in [-0.2, 0) is 9.53 Å². The Labute approximate surface area is 96.6 Å². The summed E-state index contributed by atoms with van der Waals surface area (Å²) in [5, 5.41) is 9.41. The largest absolute Gasteiger partial charge is 0.481 e. The van der Waals surface area contributed by atoms with Gasteiger partial charge in [0, 0.05) is 19.7 Å². The lowest BCUT2D eigenvalue weighted by atomic mass is 9.82. The van der Waals surface area contributed by atoms with Gasteiger partial charge in [0.2, 0.25) is 0 Å². The summed E-state index contributed by atoms with van der Waals surface area (Å²) in [6, 6.07) is 0. The van der Waals surface area contributed by atoms with Gasteiger partial charge in [-0.3, -0.25) is 4.79 Å². The molecule has 2 rings (SSSR count). The van der Waals surface area contributed by atoms with E-state index in [9.17, 15) is 9.90 Å². The van der Waals surface area contributed by atoms with E-state index in [4.69, 9.17) is 4.74 Å². The number of rotatable bonds is 3. The van der Waals surface area contributed by atoms with E-state index in [1.807, 2.05) is 0 Å². The van der Waals surface area contributed by atoms with Crippen molar-refractivity contribution in [2.45, 2.75) is 26.2 Å². The molecule has 0 spiro atoms. The second kappa shape index (κ2) is 4.72. The third-order valence-corrected chi connectivity index (χ3v) is 3.81. The highest BCUT2D eigenvalue weighted by atomic mass is 16.5. The summed E-state index contributed by atoms with van der Waals surface area (Å²) >= 11 is 0. The van der Waals surface area contributed by atoms with Crippen molar-refractivity contribution in [1.29, 1.82) is 0 Å². The zero-order valence-corrected chi connectivity index (χ0v) is 9.95. The lowest BCUT2D eigenvalue weighted by molar-refractivity contribution is -0.159. The lowest BCUT2D eigenvalue weighted by Gasteiger charge is -2.36. The highest BCUT2D eigenvalue weighted by Crippen LogP contribution is 2.31. The molecule has 16 heavy (non-hydrogen) atoms. The van der Waals surface area contributed by atoms with Crippen molar-refractivity contribution in [3.8, 4) is 0 Å². The van der Waals surface area contributed by atoms with E-state index < -0.39 is 11.4 Å². The lowest BCUT2D eigenvalue weighted by Crippen LogP contribution is -2.47. The zero-order valence-electron chi connectivity index (χ0n) is 9.95. The maximum absolute atomic E-state index is 11.4. The first-order valence-corrected chi connectivity index (χ1v) is 6.16. The van der Waals surface area contributed by atoms with Gasteiger partial charge in [0.1, 0.15) is 5.41 Å². The smallest absolute Gasteiger partial charge is 0.313 e. The monoisotopic (exact) mass is 227 g/mol. The van der Waals surface area contributed by atoms with E-state index in [1.165, 1.54) is 6.42 Å². The molecule has 4 heteroatoms. The van der Waals surface area contributed by atoms with E-state index in [0.717, 1.165) is 25.9 Å². The fourth-order valence-corrected chi connectivity index (χ4v) is 2.81. The molecule has 0 saturated carbocycles. The van der Waals surface area contributed by atoms with Crippen molar-refractivity contribution in [3.05, 3.63) is 0 Å². The van der Waals surface area contributed by atoms with Gasteiger partial charge in [-0.15, -0.1) is 0 Å². The highest BCUT2D eigenvalue weighted by molar-refractivity contribution is 5.75. The van der Waals surface area contributed by atoms with Crippen LogP contribution in [0.2, 0.25) is 0 Å². The van der Waals surface area contributed by atoms with Crippen molar-refractivity contribution in [2.24, 2.45) is 11.3 Å². The molecule has 0 bridgehead atoms.